The Morgan fingerprint density at radius 2 is 1.55 bits per heavy atom. The van der Waals surface area contributed by atoms with Gasteiger partial charge in [-0.25, -0.2) is 8.42 Å². The van der Waals surface area contributed by atoms with E-state index in [-0.39, 0.29) is 23.0 Å². The number of anilines is 1. The summed E-state index contributed by atoms with van der Waals surface area (Å²) in [5, 5.41) is 3.75. The molecule has 0 aromatic heterocycles. The van der Waals surface area contributed by atoms with Crippen molar-refractivity contribution in [3.05, 3.63) is 93.5 Å². The molecule has 0 spiro atoms. The number of nitrogens with zero attached hydrogens (tertiary/aromatic N) is 2. The molecular weight excluding hydrogens is 569 g/mol. The van der Waals surface area contributed by atoms with Gasteiger partial charge in [-0.1, -0.05) is 72.4 Å². The SMILES string of the molecule is CCCCNC(=O)[C@H](C)N(Cc1ccc(Cl)cc1)C(=O)CN(c1cc(Cl)ccc1C)S(=O)(=O)c1ccc(C)cc1. The number of benzene rings is 3. The van der Waals surface area contributed by atoms with Crippen LogP contribution in [0.4, 0.5) is 5.69 Å². The van der Waals surface area contributed by atoms with E-state index >= 15 is 0 Å². The number of rotatable bonds is 12. The van der Waals surface area contributed by atoms with E-state index in [1.54, 1.807) is 62.4 Å². The van der Waals surface area contributed by atoms with Crippen LogP contribution in [0.1, 0.15) is 43.4 Å². The van der Waals surface area contributed by atoms with Crippen molar-refractivity contribution in [2.24, 2.45) is 0 Å². The van der Waals surface area contributed by atoms with Gasteiger partial charge in [0.2, 0.25) is 11.8 Å². The van der Waals surface area contributed by atoms with Gasteiger partial charge in [-0.2, -0.15) is 0 Å². The van der Waals surface area contributed by atoms with Crippen molar-refractivity contribution in [3.8, 4) is 0 Å². The monoisotopic (exact) mass is 603 g/mol. The van der Waals surface area contributed by atoms with Crippen LogP contribution < -0.4 is 9.62 Å². The minimum atomic E-state index is -4.17. The van der Waals surface area contributed by atoms with Crippen LogP contribution in [0.5, 0.6) is 0 Å². The van der Waals surface area contributed by atoms with Gasteiger partial charge in [0, 0.05) is 23.1 Å². The summed E-state index contributed by atoms with van der Waals surface area (Å²) in [6.07, 6.45) is 1.72. The van der Waals surface area contributed by atoms with E-state index in [1.807, 2.05) is 13.8 Å². The molecule has 3 aromatic rings. The third-order valence-electron chi connectivity index (χ3n) is 6.59. The first-order valence-corrected chi connectivity index (χ1v) is 15.3. The van der Waals surface area contributed by atoms with Crippen molar-refractivity contribution in [1.82, 2.24) is 10.2 Å². The summed E-state index contributed by atoms with van der Waals surface area (Å²) in [5.74, 6) is -0.856. The second-order valence-electron chi connectivity index (χ2n) is 9.72. The smallest absolute Gasteiger partial charge is 0.264 e. The fourth-order valence-electron chi connectivity index (χ4n) is 4.11. The maximum Gasteiger partial charge on any atom is 0.264 e. The predicted octanol–water partition coefficient (Wildman–Crippen LogP) is 6.14. The van der Waals surface area contributed by atoms with E-state index in [9.17, 15) is 18.0 Å². The summed E-state index contributed by atoms with van der Waals surface area (Å²) in [5.41, 5.74) is 2.56. The number of hydrogen-bond donors (Lipinski definition) is 1. The van der Waals surface area contributed by atoms with Crippen molar-refractivity contribution in [1.29, 1.82) is 0 Å². The Bertz CT molecular complexity index is 1430. The number of halogens is 2. The molecule has 0 fully saturated rings. The van der Waals surface area contributed by atoms with E-state index in [4.69, 9.17) is 23.2 Å². The minimum absolute atomic E-state index is 0.0416. The lowest BCUT2D eigenvalue weighted by molar-refractivity contribution is -0.139. The molecule has 0 aliphatic carbocycles. The zero-order valence-corrected chi connectivity index (χ0v) is 25.5. The number of carbonyl (C=O) groups excluding carboxylic acids is 2. The summed E-state index contributed by atoms with van der Waals surface area (Å²) in [7, 11) is -4.17. The quantitative estimate of drug-likeness (QED) is 0.252. The van der Waals surface area contributed by atoms with E-state index in [1.165, 1.54) is 23.1 Å². The molecule has 0 saturated carbocycles. The first-order valence-electron chi connectivity index (χ1n) is 13.1. The standard InChI is InChI=1S/C30H35Cl2N3O4S/c1-5-6-17-33-30(37)23(4)34(19-24-10-13-25(31)14-11-24)29(36)20-35(28-18-26(32)12-9-22(28)3)40(38,39)27-15-7-21(2)8-16-27/h7-16,18,23H,5-6,17,19-20H2,1-4H3,(H,33,37)/t23-/m0/s1. The topological polar surface area (TPSA) is 86.8 Å². The highest BCUT2D eigenvalue weighted by Crippen LogP contribution is 2.30. The summed E-state index contributed by atoms with van der Waals surface area (Å²) in [6.45, 7) is 7.32. The summed E-state index contributed by atoms with van der Waals surface area (Å²) < 4.78 is 29.0. The van der Waals surface area contributed by atoms with Crippen LogP contribution in [0.25, 0.3) is 0 Å². The Balaban J connectivity index is 2.04. The van der Waals surface area contributed by atoms with Crippen molar-refractivity contribution in [3.63, 3.8) is 0 Å². The molecule has 0 bridgehead atoms. The molecule has 1 atom stereocenters. The fourth-order valence-corrected chi connectivity index (χ4v) is 5.87. The van der Waals surface area contributed by atoms with Crippen LogP contribution in [0.2, 0.25) is 10.0 Å². The minimum Gasteiger partial charge on any atom is -0.354 e. The van der Waals surface area contributed by atoms with Gasteiger partial charge in [0.05, 0.1) is 10.6 Å². The Morgan fingerprint density at radius 1 is 0.925 bits per heavy atom. The fraction of sp³-hybridized carbons (Fsp3) is 0.333. The van der Waals surface area contributed by atoms with Gasteiger partial charge in [0.1, 0.15) is 12.6 Å². The molecule has 3 aromatic carbocycles. The molecular formula is C30H35Cl2N3O4S. The number of nitrogens with one attached hydrogen (secondary N) is 1. The summed E-state index contributed by atoms with van der Waals surface area (Å²) in [4.78, 5) is 28.5. The predicted molar refractivity (Wildman–Crippen MR) is 161 cm³/mol. The van der Waals surface area contributed by atoms with Gasteiger partial charge in [0.25, 0.3) is 10.0 Å². The Labute approximate surface area is 247 Å². The van der Waals surface area contributed by atoms with Crippen molar-refractivity contribution >= 4 is 50.7 Å². The Hall–Kier alpha value is -3.07. The van der Waals surface area contributed by atoms with Crippen LogP contribution in [0.3, 0.4) is 0 Å². The summed E-state index contributed by atoms with van der Waals surface area (Å²) >= 11 is 12.3. The molecule has 214 valence electrons. The van der Waals surface area contributed by atoms with E-state index < -0.39 is 28.5 Å². The molecule has 0 unspecified atom stereocenters. The molecule has 0 heterocycles. The second kappa shape index (κ2) is 14.0. The molecule has 2 amide bonds. The number of aryl methyl sites for hydroxylation is 2. The van der Waals surface area contributed by atoms with Gasteiger partial charge in [-0.3, -0.25) is 13.9 Å². The third kappa shape index (κ3) is 7.99. The number of carbonyl (C=O) groups is 2. The molecule has 0 saturated heterocycles. The maximum absolute atomic E-state index is 14.0. The van der Waals surface area contributed by atoms with Crippen molar-refractivity contribution < 1.29 is 18.0 Å². The average molecular weight is 605 g/mol. The molecule has 0 aliphatic heterocycles. The van der Waals surface area contributed by atoms with Crippen molar-refractivity contribution in [2.75, 3.05) is 17.4 Å². The number of hydrogen-bond acceptors (Lipinski definition) is 4. The van der Waals surface area contributed by atoms with Crippen LogP contribution in [-0.4, -0.2) is 44.3 Å². The molecule has 0 aliphatic rings. The van der Waals surface area contributed by atoms with E-state index in [0.717, 1.165) is 28.3 Å². The van der Waals surface area contributed by atoms with Crippen molar-refractivity contribution in [2.45, 2.75) is 58.0 Å². The first kappa shape index (κ1) is 31.5. The lowest BCUT2D eigenvalue weighted by Gasteiger charge is -2.32. The normalized spacial score (nSPS) is 12.1. The van der Waals surface area contributed by atoms with Crippen LogP contribution in [0.15, 0.2) is 71.6 Å². The lowest BCUT2D eigenvalue weighted by Crippen LogP contribution is -2.51. The molecule has 40 heavy (non-hydrogen) atoms. The van der Waals surface area contributed by atoms with Crippen LogP contribution in [0, 0.1) is 13.8 Å². The van der Waals surface area contributed by atoms with Crippen LogP contribution >= 0.6 is 23.2 Å². The molecule has 1 N–H and O–H groups in total. The highest BCUT2D eigenvalue weighted by atomic mass is 35.5. The zero-order chi connectivity index (χ0) is 29.4. The molecule has 10 heteroatoms. The largest absolute Gasteiger partial charge is 0.354 e. The number of unbranched alkanes of at least 4 members (excludes halogenated alkanes) is 1. The molecule has 3 rings (SSSR count). The van der Waals surface area contributed by atoms with Crippen LogP contribution in [-0.2, 0) is 26.2 Å². The number of amides is 2. The number of sulfonamides is 1. The summed E-state index contributed by atoms with van der Waals surface area (Å²) in [6, 6.07) is 17.4. The maximum atomic E-state index is 14.0. The molecule has 7 nitrogen and oxygen atoms in total. The van der Waals surface area contributed by atoms with Gasteiger partial charge >= 0.3 is 0 Å². The highest BCUT2D eigenvalue weighted by Gasteiger charge is 2.33. The average Bonchev–Trinajstić information content (AvgIpc) is 2.92. The lowest BCUT2D eigenvalue weighted by atomic mass is 10.1. The van der Waals surface area contributed by atoms with Gasteiger partial charge in [-0.15, -0.1) is 0 Å². The van der Waals surface area contributed by atoms with E-state index in [2.05, 4.69) is 5.32 Å². The Kier molecular flexibility index (Phi) is 11.0. The van der Waals surface area contributed by atoms with Gasteiger partial charge < -0.3 is 10.2 Å². The second-order valence-corrected chi connectivity index (χ2v) is 12.5. The first-order chi connectivity index (χ1) is 18.9. The van der Waals surface area contributed by atoms with Gasteiger partial charge in [-0.05, 0) is 74.7 Å². The Morgan fingerprint density at radius 3 is 2.17 bits per heavy atom. The highest BCUT2D eigenvalue weighted by molar-refractivity contribution is 7.92. The molecule has 0 radical (unpaired) electrons. The van der Waals surface area contributed by atoms with E-state index in [0.29, 0.717) is 22.2 Å². The third-order valence-corrected chi connectivity index (χ3v) is 8.85. The zero-order valence-electron chi connectivity index (χ0n) is 23.2. The van der Waals surface area contributed by atoms with Gasteiger partial charge in [0.15, 0.2) is 0 Å².